The molecule has 1 aromatic rings. The molecule has 19 heavy (non-hydrogen) atoms. The van der Waals surface area contributed by atoms with E-state index in [0.717, 1.165) is 26.2 Å². The molecule has 0 radical (unpaired) electrons. The SMILES string of the molecule is CCNC(COc1cccc(C)c1F)C1CCOC1. The molecule has 0 bridgehead atoms. The number of hydrogen-bond acceptors (Lipinski definition) is 3. The van der Waals surface area contributed by atoms with Gasteiger partial charge in [-0.2, -0.15) is 0 Å². The first-order valence-corrected chi connectivity index (χ1v) is 6.91. The van der Waals surface area contributed by atoms with Crippen molar-refractivity contribution in [2.75, 3.05) is 26.4 Å². The third kappa shape index (κ3) is 3.67. The van der Waals surface area contributed by atoms with Gasteiger partial charge in [-0.05, 0) is 31.5 Å². The lowest BCUT2D eigenvalue weighted by Crippen LogP contribution is -2.41. The fourth-order valence-corrected chi connectivity index (χ4v) is 2.41. The van der Waals surface area contributed by atoms with Crippen molar-refractivity contribution >= 4 is 0 Å². The molecule has 0 amide bonds. The van der Waals surface area contributed by atoms with E-state index in [1.54, 1.807) is 19.1 Å². The Labute approximate surface area is 114 Å². The van der Waals surface area contributed by atoms with Crippen LogP contribution in [0.1, 0.15) is 18.9 Å². The van der Waals surface area contributed by atoms with Gasteiger partial charge in [0.1, 0.15) is 6.61 Å². The second kappa shape index (κ2) is 6.87. The molecule has 1 N–H and O–H groups in total. The van der Waals surface area contributed by atoms with Crippen LogP contribution >= 0.6 is 0 Å². The molecule has 106 valence electrons. The van der Waals surface area contributed by atoms with Gasteiger partial charge in [-0.1, -0.05) is 19.1 Å². The Balaban J connectivity index is 1.96. The summed E-state index contributed by atoms with van der Waals surface area (Å²) >= 11 is 0. The van der Waals surface area contributed by atoms with Crippen LogP contribution in [0, 0.1) is 18.7 Å². The van der Waals surface area contributed by atoms with E-state index in [9.17, 15) is 4.39 Å². The van der Waals surface area contributed by atoms with E-state index < -0.39 is 0 Å². The molecule has 1 saturated heterocycles. The van der Waals surface area contributed by atoms with Gasteiger partial charge in [0.05, 0.1) is 6.61 Å². The maximum absolute atomic E-state index is 13.8. The number of ether oxygens (including phenoxy) is 2. The van der Waals surface area contributed by atoms with E-state index in [-0.39, 0.29) is 11.9 Å². The van der Waals surface area contributed by atoms with Gasteiger partial charge in [0.15, 0.2) is 11.6 Å². The van der Waals surface area contributed by atoms with Crippen molar-refractivity contribution in [3.8, 4) is 5.75 Å². The Morgan fingerprint density at radius 3 is 3.05 bits per heavy atom. The van der Waals surface area contributed by atoms with Crippen molar-refractivity contribution in [2.45, 2.75) is 26.3 Å². The topological polar surface area (TPSA) is 30.5 Å². The van der Waals surface area contributed by atoms with Gasteiger partial charge in [-0.15, -0.1) is 0 Å². The highest BCUT2D eigenvalue weighted by Gasteiger charge is 2.25. The van der Waals surface area contributed by atoms with Crippen LogP contribution in [-0.2, 0) is 4.74 Å². The summed E-state index contributed by atoms with van der Waals surface area (Å²) in [6.07, 6.45) is 1.04. The number of aryl methyl sites for hydroxylation is 1. The largest absolute Gasteiger partial charge is 0.489 e. The van der Waals surface area contributed by atoms with Crippen LogP contribution in [0.5, 0.6) is 5.75 Å². The smallest absolute Gasteiger partial charge is 0.167 e. The summed E-state index contributed by atoms with van der Waals surface area (Å²) in [6, 6.07) is 5.45. The molecule has 1 aromatic carbocycles. The number of hydrogen-bond donors (Lipinski definition) is 1. The monoisotopic (exact) mass is 267 g/mol. The highest BCUT2D eigenvalue weighted by atomic mass is 19.1. The fraction of sp³-hybridized carbons (Fsp3) is 0.600. The number of likely N-dealkylation sites (N-methyl/N-ethyl adjacent to an activating group) is 1. The predicted molar refractivity (Wildman–Crippen MR) is 73.0 cm³/mol. The van der Waals surface area contributed by atoms with Crippen molar-refractivity contribution in [2.24, 2.45) is 5.92 Å². The minimum absolute atomic E-state index is 0.215. The molecule has 0 aliphatic carbocycles. The average Bonchev–Trinajstić information content (AvgIpc) is 2.93. The van der Waals surface area contributed by atoms with Gasteiger partial charge < -0.3 is 14.8 Å². The molecule has 2 atom stereocenters. The Morgan fingerprint density at radius 1 is 1.53 bits per heavy atom. The molecule has 0 saturated carbocycles. The zero-order chi connectivity index (χ0) is 13.7. The van der Waals surface area contributed by atoms with Crippen molar-refractivity contribution in [1.82, 2.24) is 5.32 Å². The van der Waals surface area contributed by atoms with E-state index >= 15 is 0 Å². The van der Waals surface area contributed by atoms with Gasteiger partial charge in [0, 0.05) is 18.6 Å². The molecule has 1 heterocycles. The van der Waals surface area contributed by atoms with Crippen LogP contribution < -0.4 is 10.1 Å². The summed E-state index contributed by atoms with van der Waals surface area (Å²) < 4.78 is 24.9. The summed E-state index contributed by atoms with van der Waals surface area (Å²) in [7, 11) is 0. The minimum Gasteiger partial charge on any atom is -0.489 e. The summed E-state index contributed by atoms with van der Waals surface area (Å²) in [5, 5.41) is 3.40. The van der Waals surface area contributed by atoms with Crippen LogP contribution in [0.25, 0.3) is 0 Å². The summed E-state index contributed by atoms with van der Waals surface area (Å²) in [5.74, 6) is 0.523. The summed E-state index contributed by atoms with van der Waals surface area (Å²) in [5.41, 5.74) is 0.613. The molecular weight excluding hydrogens is 245 g/mol. The van der Waals surface area contributed by atoms with Gasteiger partial charge in [0.25, 0.3) is 0 Å². The minimum atomic E-state index is -0.263. The molecule has 1 aliphatic heterocycles. The van der Waals surface area contributed by atoms with Gasteiger partial charge in [0.2, 0.25) is 0 Å². The van der Waals surface area contributed by atoms with Crippen LogP contribution in [0.2, 0.25) is 0 Å². The lowest BCUT2D eigenvalue weighted by molar-refractivity contribution is 0.159. The van der Waals surface area contributed by atoms with Crippen molar-refractivity contribution < 1.29 is 13.9 Å². The highest BCUT2D eigenvalue weighted by Crippen LogP contribution is 2.22. The molecular formula is C15H22FNO2. The van der Waals surface area contributed by atoms with E-state index in [2.05, 4.69) is 12.2 Å². The number of benzene rings is 1. The first-order chi connectivity index (χ1) is 9.22. The zero-order valence-corrected chi connectivity index (χ0v) is 11.6. The Bertz CT molecular complexity index is 405. The first kappa shape index (κ1) is 14.3. The van der Waals surface area contributed by atoms with Crippen LogP contribution in [0.3, 0.4) is 0 Å². The van der Waals surface area contributed by atoms with E-state index in [1.165, 1.54) is 0 Å². The Hall–Kier alpha value is -1.13. The third-order valence-corrected chi connectivity index (χ3v) is 3.58. The lowest BCUT2D eigenvalue weighted by atomic mass is 10.00. The Morgan fingerprint density at radius 2 is 2.37 bits per heavy atom. The van der Waals surface area contributed by atoms with E-state index in [0.29, 0.717) is 23.8 Å². The van der Waals surface area contributed by atoms with Gasteiger partial charge in [-0.25, -0.2) is 4.39 Å². The summed E-state index contributed by atoms with van der Waals surface area (Å²) in [6.45, 7) is 6.73. The molecule has 3 nitrogen and oxygen atoms in total. The van der Waals surface area contributed by atoms with Crippen LogP contribution in [-0.4, -0.2) is 32.4 Å². The van der Waals surface area contributed by atoms with Crippen LogP contribution in [0.15, 0.2) is 18.2 Å². The molecule has 2 rings (SSSR count). The standard InChI is InChI=1S/C15H22FNO2/c1-3-17-13(12-7-8-18-9-12)10-19-14-6-4-5-11(2)15(14)16/h4-6,12-13,17H,3,7-10H2,1-2H3. The molecule has 4 heteroatoms. The fourth-order valence-electron chi connectivity index (χ4n) is 2.41. The molecule has 2 unspecified atom stereocenters. The van der Waals surface area contributed by atoms with Crippen molar-refractivity contribution in [3.05, 3.63) is 29.6 Å². The average molecular weight is 267 g/mol. The maximum atomic E-state index is 13.8. The Kier molecular flexibility index (Phi) is 5.16. The number of rotatable bonds is 6. The number of halogens is 1. The molecule has 1 fully saturated rings. The second-order valence-electron chi connectivity index (χ2n) is 4.99. The second-order valence-corrected chi connectivity index (χ2v) is 4.99. The predicted octanol–water partition coefficient (Wildman–Crippen LogP) is 2.53. The lowest BCUT2D eigenvalue weighted by Gasteiger charge is -2.23. The van der Waals surface area contributed by atoms with Gasteiger partial charge >= 0.3 is 0 Å². The maximum Gasteiger partial charge on any atom is 0.167 e. The molecule has 1 aliphatic rings. The highest BCUT2D eigenvalue weighted by molar-refractivity contribution is 5.30. The van der Waals surface area contributed by atoms with Crippen molar-refractivity contribution in [1.29, 1.82) is 0 Å². The first-order valence-electron chi connectivity index (χ1n) is 6.91. The van der Waals surface area contributed by atoms with E-state index in [4.69, 9.17) is 9.47 Å². The van der Waals surface area contributed by atoms with Crippen LogP contribution in [0.4, 0.5) is 4.39 Å². The van der Waals surface area contributed by atoms with E-state index in [1.807, 2.05) is 6.07 Å². The zero-order valence-electron chi connectivity index (χ0n) is 11.6. The van der Waals surface area contributed by atoms with Gasteiger partial charge in [-0.3, -0.25) is 0 Å². The molecule has 0 spiro atoms. The normalized spacial score (nSPS) is 20.5. The van der Waals surface area contributed by atoms with Crippen molar-refractivity contribution in [3.63, 3.8) is 0 Å². The quantitative estimate of drug-likeness (QED) is 0.859. The third-order valence-electron chi connectivity index (χ3n) is 3.58. The molecule has 0 aromatic heterocycles. The number of nitrogens with one attached hydrogen (secondary N) is 1. The summed E-state index contributed by atoms with van der Waals surface area (Å²) in [4.78, 5) is 0.